The van der Waals surface area contributed by atoms with E-state index in [2.05, 4.69) is 5.10 Å². The number of nitriles is 1. The highest BCUT2D eigenvalue weighted by molar-refractivity contribution is 5.55. The van der Waals surface area contributed by atoms with Crippen LogP contribution in [0.25, 0.3) is 0 Å². The zero-order valence-electron chi connectivity index (χ0n) is 10.2. The third-order valence-corrected chi connectivity index (χ3v) is 3.10. The molecule has 0 spiro atoms. The van der Waals surface area contributed by atoms with Crippen LogP contribution in [-0.4, -0.2) is 10.2 Å². The predicted molar refractivity (Wildman–Crippen MR) is 61.6 cm³/mol. The number of ether oxygens (including phenoxy) is 1. The molecule has 0 saturated carbocycles. The standard InChI is InChI=1S/C12H7F3N4O2/c13-12(14,15)9-8-7(5-1-2-20-4-5)6(3-16)10(17)21-11(8)19-18-9/h1-2,4,7H,17H2,(H,18,19). The van der Waals surface area contributed by atoms with E-state index >= 15 is 0 Å². The number of aromatic amines is 1. The highest BCUT2D eigenvalue weighted by Crippen LogP contribution is 2.46. The Kier molecular flexibility index (Phi) is 2.69. The number of alkyl halides is 3. The van der Waals surface area contributed by atoms with Gasteiger partial charge >= 0.3 is 6.18 Å². The molecular formula is C12H7F3N4O2. The topological polar surface area (TPSA) is 101 Å². The third kappa shape index (κ3) is 1.92. The van der Waals surface area contributed by atoms with Gasteiger partial charge in [-0.05, 0) is 6.07 Å². The van der Waals surface area contributed by atoms with Gasteiger partial charge in [-0.1, -0.05) is 0 Å². The molecule has 0 fully saturated rings. The summed E-state index contributed by atoms with van der Waals surface area (Å²) < 4.78 is 49.1. The van der Waals surface area contributed by atoms with Gasteiger partial charge in [-0.15, -0.1) is 5.10 Å². The lowest BCUT2D eigenvalue weighted by molar-refractivity contribution is -0.141. The van der Waals surface area contributed by atoms with Gasteiger partial charge in [0.05, 0.1) is 24.0 Å². The number of furan rings is 1. The highest BCUT2D eigenvalue weighted by atomic mass is 19.4. The zero-order chi connectivity index (χ0) is 15.2. The van der Waals surface area contributed by atoms with E-state index in [1.165, 1.54) is 18.6 Å². The van der Waals surface area contributed by atoms with Gasteiger partial charge in [-0.3, -0.25) is 5.10 Å². The molecule has 21 heavy (non-hydrogen) atoms. The first-order chi connectivity index (χ1) is 9.93. The van der Waals surface area contributed by atoms with Gasteiger partial charge in [-0.2, -0.15) is 18.4 Å². The molecule has 2 aromatic rings. The number of hydrogen-bond donors (Lipinski definition) is 2. The van der Waals surface area contributed by atoms with Crippen LogP contribution in [0.2, 0.25) is 0 Å². The molecule has 0 amide bonds. The molecule has 0 aromatic carbocycles. The van der Waals surface area contributed by atoms with Crippen LogP contribution in [0.5, 0.6) is 5.88 Å². The Morgan fingerprint density at radius 1 is 1.43 bits per heavy atom. The quantitative estimate of drug-likeness (QED) is 0.840. The van der Waals surface area contributed by atoms with E-state index in [1.807, 2.05) is 5.10 Å². The number of hydrogen-bond acceptors (Lipinski definition) is 5. The van der Waals surface area contributed by atoms with E-state index < -0.39 is 17.8 Å². The van der Waals surface area contributed by atoms with Crippen LogP contribution in [0.15, 0.2) is 34.5 Å². The van der Waals surface area contributed by atoms with Gasteiger partial charge in [0.1, 0.15) is 17.3 Å². The van der Waals surface area contributed by atoms with Crippen molar-refractivity contribution in [2.24, 2.45) is 5.73 Å². The number of aromatic nitrogens is 2. The van der Waals surface area contributed by atoms with Gasteiger partial charge in [0.25, 0.3) is 0 Å². The SMILES string of the molecule is N#CC1=C(N)Oc2n[nH]c(C(F)(F)F)c2C1c1ccoc1. The first-order valence-electron chi connectivity index (χ1n) is 5.68. The average molecular weight is 296 g/mol. The first kappa shape index (κ1) is 13.1. The van der Waals surface area contributed by atoms with E-state index in [0.717, 1.165) is 0 Å². The molecule has 3 rings (SSSR count). The fourth-order valence-electron chi connectivity index (χ4n) is 2.23. The lowest BCUT2D eigenvalue weighted by Gasteiger charge is -2.23. The minimum Gasteiger partial charge on any atom is -0.472 e. The van der Waals surface area contributed by atoms with E-state index in [-0.39, 0.29) is 22.9 Å². The van der Waals surface area contributed by atoms with Gasteiger partial charge in [0.2, 0.25) is 11.8 Å². The average Bonchev–Trinajstić information content (AvgIpc) is 3.04. The van der Waals surface area contributed by atoms with Crippen LogP contribution in [0.3, 0.4) is 0 Å². The van der Waals surface area contributed by atoms with Crippen molar-refractivity contribution in [3.8, 4) is 11.9 Å². The lowest BCUT2D eigenvalue weighted by atomic mass is 9.85. The fraction of sp³-hybridized carbons (Fsp3) is 0.167. The Balaban J connectivity index is 2.26. The lowest BCUT2D eigenvalue weighted by Crippen LogP contribution is -2.22. The summed E-state index contributed by atoms with van der Waals surface area (Å²) >= 11 is 0. The molecule has 1 unspecified atom stereocenters. The third-order valence-electron chi connectivity index (χ3n) is 3.10. The number of rotatable bonds is 1. The summed E-state index contributed by atoms with van der Waals surface area (Å²) in [6.07, 6.45) is -2.13. The molecule has 6 nitrogen and oxygen atoms in total. The first-order valence-corrected chi connectivity index (χ1v) is 5.68. The van der Waals surface area contributed by atoms with E-state index in [4.69, 9.17) is 14.9 Å². The minimum atomic E-state index is -4.67. The molecular weight excluding hydrogens is 289 g/mol. The molecule has 3 heterocycles. The monoisotopic (exact) mass is 296 g/mol. The molecule has 0 bridgehead atoms. The van der Waals surface area contributed by atoms with Crippen molar-refractivity contribution in [3.63, 3.8) is 0 Å². The second-order valence-corrected chi connectivity index (χ2v) is 4.30. The summed E-state index contributed by atoms with van der Waals surface area (Å²) in [6.45, 7) is 0. The Morgan fingerprint density at radius 2 is 2.19 bits per heavy atom. The van der Waals surface area contributed by atoms with Crippen molar-refractivity contribution in [3.05, 3.63) is 46.9 Å². The molecule has 108 valence electrons. The van der Waals surface area contributed by atoms with Gasteiger partial charge < -0.3 is 14.9 Å². The number of halogens is 3. The van der Waals surface area contributed by atoms with Crippen molar-refractivity contribution in [2.45, 2.75) is 12.1 Å². The number of nitrogens with zero attached hydrogens (tertiary/aromatic N) is 2. The maximum absolute atomic E-state index is 13.1. The molecule has 0 radical (unpaired) electrons. The second-order valence-electron chi connectivity index (χ2n) is 4.30. The summed E-state index contributed by atoms with van der Waals surface area (Å²) in [7, 11) is 0. The zero-order valence-corrected chi connectivity index (χ0v) is 10.2. The fourth-order valence-corrected chi connectivity index (χ4v) is 2.23. The summed E-state index contributed by atoms with van der Waals surface area (Å²) in [6, 6.07) is 3.24. The van der Waals surface area contributed by atoms with Crippen LogP contribution in [-0.2, 0) is 6.18 Å². The van der Waals surface area contributed by atoms with Crippen LogP contribution in [0.4, 0.5) is 13.2 Å². The van der Waals surface area contributed by atoms with Crippen LogP contribution < -0.4 is 10.5 Å². The molecule has 0 aliphatic carbocycles. The van der Waals surface area contributed by atoms with Crippen molar-refractivity contribution in [2.75, 3.05) is 0 Å². The molecule has 9 heteroatoms. The minimum absolute atomic E-state index is 0.129. The maximum atomic E-state index is 13.1. The molecule has 1 aliphatic rings. The van der Waals surface area contributed by atoms with Crippen molar-refractivity contribution in [1.82, 2.24) is 10.2 Å². The Morgan fingerprint density at radius 3 is 2.76 bits per heavy atom. The van der Waals surface area contributed by atoms with Crippen molar-refractivity contribution in [1.29, 1.82) is 5.26 Å². The molecule has 1 aliphatic heterocycles. The number of H-pyrrole nitrogens is 1. The number of allylic oxidation sites excluding steroid dienone is 1. The number of fused-ring (bicyclic) bond motifs is 1. The summed E-state index contributed by atoms with van der Waals surface area (Å²) in [5, 5.41) is 14.5. The van der Waals surface area contributed by atoms with Crippen molar-refractivity contribution >= 4 is 0 Å². The maximum Gasteiger partial charge on any atom is 0.433 e. The van der Waals surface area contributed by atoms with E-state index in [1.54, 1.807) is 6.07 Å². The summed E-state index contributed by atoms with van der Waals surface area (Å²) in [5.74, 6) is -1.63. The van der Waals surface area contributed by atoms with E-state index in [9.17, 15) is 18.4 Å². The van der Waals surface area contributed by atoms with Crippen LogP contribution >= 0.6 is 0 Å². The Hall–Kier alpha value is -2.89. The van der Waals surface area contributed by atoms with Crippen LogP contribution in [0.1, 0.15) is 22.7 Å². The Bertz CT molecular complexity index is 753. The van der Waals surface area contributed by atoms with Gasteiger partial charge in [0.15, 0.2) is 0 Å². The van der Waals surface area contributed by atoms with Gasteiger partial charge in [0, 0.05) is 5.56 Å². The number of nitrogens with one attached hydrogen (secondary N) is 1. The summed E-state index contributed by atoms with van der Waals surface area (Å²) in [4.78, 5) is 0. The molecule has 0 saturated heterocycles. The normalized spacial score (nSPS) is 18.1. The molecule has 2 aromatic heterocycles. The largest absolute Gasteiger partial charge is 0.472 e. The van der Waals surface area contributed by atoms with Crippen molar-refractivity contribution < 1.29 is 22.3 Å². The highest BCUT2D eigenvalue weighted by Gasteiger charge is 2.44. The summed E-state index contributed by atoms with van der Waals surface area (Å²) in [5.41, 5.74) is 4.45. The Labute approximate surface area is 115 Å². The molecule has 3 N–H and O–H groups in total. The van der Waals surface area contributed by atoms with E-state index in [0.29, 0.717) is 5.56 Å². The molecule has 1 atom stereocenters. The second kappa shape index (κ2) is 4.31. The van der Waals surface area contributed by atoms with Gasteiger partial charge in [-0.25, -0.2) is 0 Å². The smallest absolute Gasteiger partial charge is 0.433 e. The van der Waals surface area contributed by atoms with Crippen LogP contribution in [0, 0.1) is 11.3 Å². The predicted octanol–water partition coefficient (Wildman–Crippen LogP) is 2.24. The number of nitrogens with two attached hydrogens (primary N) is 1.